The van der Waals surface area contributed by atoms with Crippen LogP contribution in [0.1, 0.15) is 25.7 Å². The minimum atomic E-state index is -0.272. The number of pyridine rings is 1. The van der Waals surface area contributed by atoms with Crippen molar-refractivity contribution in [1.82, 2.24) is 15.0 Å². The van der Waals surface area contributed by atoms with Crippen molar-refractivity contribution in [2.45, 2.75) is 31.7 Å². The molecule has 0 radical (unpaired) electrons. The van der Waals surface area contributed by atoms with Crippen LogP contribution in [0.5, 0.6) is 0 Å². The molecule has 112 valence electrons. The molecule has 6 N–H and O–H groups in total. The minimum Gasteiger partial charge on any atom is -0.383 e. The number of hydrogen-bond donors (Lipinski definition) is 4. The third kappa shape index (κ3) is 2.82. The first-order valence-electron chi connectivity index (χ1n) is 7.29. The fourth-order valence-electron chi connectivity index (χ4n) is 2.91. The van der Waals surface area contributed by atoms with Gasteiger partial charge in [0.05, 0.1) is 5.52 Å². The Hall–Kier alpha value is -2.15. The predicted octanol–water partition coefficient (Wildman–Crippen LogP) is 0.830. The topological polar surface area (TPSA) is 123 Å². The summed E-state index contributed by atoms with van der Waals surface area (Å²) in [4.78, 5) is 22.8. The molecular formula is C14H20N6O. The average Bonchev–Trinajstić information content (AvgIpc) is 2.46. The van der Waals surface area contributed by atoms with Crippen LogP contribution in [0.25, 0.3) is 10.9 Å². The smallest absolute Gasteiger partial charge is 0.261 e. The quantitative estimate of drug-likeness (QED) is 0.663. The van der Waals surface area contributed by atoms with Crippen molar-refractivity contribution in [3.05, 3.63) is 22.6 Å². The summed E-state index contributed by atoms with van der Waals surface area (Å²) in [7, 11) is 0. The Morgan fingerprint density at radius 1 is 1.33 bits per heavy atom. The van der Waals surface area contributed by atoms with E-state index < -0.39 is 0 Å². The van der Waals surface area contributed by atoms with Crippen LogP contribution in [0, 0.1) is 5.92 Å². The van der Waals surface area contributed by atoms with Gasteiger partial charge in [-0.25, -0.2) is 4.98 Å². The maximum atomic E-state index is 11.7. The number of anilines is 2. The molecule has 7 heteroatoms. The molecule has 7 nitrogen and oxygen atoms in total. The molecule has 21 heavy (non-hydrogen) atoms. The highest BCUT2D eigenvalue weighted by atomic mass is 16.1. The third-order valence-electron chi connectivity index (χ3n) is 4.14. The molecule has 1 saturated carbocycles. The van der Waals surface area contributed by atoms with E-state index in [0.29, 0.717) is 22.8 Å². The van der Waals surface area contributed by atoms with E-state index in [1.165, 1.54) is 12.8 Å². The van der Waals surface area contributed by atoms with Crippen molar-refractivity contribution in [3.8, 4) is 0 Å². The Labute approximate surface area is 122 Å². The summed E-state index contributed by atoms with van der Waals surface area (Å²) < 4.78 is 0. The number of aromatic amines is 1. The largest absolute Gasteiger partial charge is 0.383 e. The van der Waals surface area contributed by atoms with Gasteiger partial charge in [0.2, 0.25) is 5.95 Å². The first-order valence-corrected chi connectivity index (χ1v) is 7.29. The molecule has 0 spiro atoms. The lowest BCUT2D eigenvalue weighted by atomic mass is 9.85. The van der Waals surface area contributed by atoms with Gasteiger partial charge < -0.3 is 21.8 Å². The van der Waals surface area contributed by atoms with Crippen molar-refractivity contribution in [1.29, 1.82) is 0 Å². The molecule has 3 rings (SSSR count). The van der Waals surface area contributed by atoms with E-state index in [1.807, 2.05) is 0 Å². The Bertz CT molecular complexity index is 697. The zero-order chi connectivity index (χ0) is 14.8. The summed E-state index contributed by atoms with van der Waals surface area (Å²) in [6.45, 7) is 0.731. The molecule has 2 aromatic rings. The van der Waals surface area contributed by atoms with Crippen LogP contribution in [0.4, 0.5) is 11.8 Å². The van der Waals surface area contributed by atoms with Crippen LogP contribution in [-0.2, 0) is 0 Å². The lowest BCUT2D eigenvalue weighted by Crippen LogP contribution is -2.37. The maximum absolute atomic E-state index is 11.7. The highest BCUT2D eigenvalue weighted by Gasteiger charge is 2.21. The van der Waals surface area contributed by atoms with Gasteiger partial charge >= 0.3 is 0 Å². The summed E-state index contributed by atoms with van der Waals surface area (Å²) in [5, 5.41) is 3.53. The van der Waals surface area contributed by atoms with Crippen molar-refractivity contribution in [3.63, 3.8) is 0 Å². The number of nitrogens with zero attached hydrogens (tertiary/aromatic N) is 2. The number of hydrogen-bond acceptors (Lipinski definition) is 6. The summed E-state index contributed by atoms with van der Waals surface area (Å²) in [6.07, 6.45) is 6.17. The van der Waals surface area contributed by atoms with Gasteiger partial charge in [0.25, 0.3) is 5.56 Å². The molecule has 0 amide bonds. The highest BCUT2D eigenvalue weighted by molar-refractivity contribution is 5.87. The first-order chi connectivity index (χ1) is 10.1. The second-order valence-corrected chi connectivity index (χ2v) is 5.59. The van der Waals surface area contributed by atoms with Crippen LogP contribution >= 0.6 is 0 Å². The van der Waals surface area contributed by atoms with Gasteiger partial charge in [-0.1, -0.05) is 12.8 Å². The van der Waals surface area contributed by atoms with Crippen molar-refractivity contribution >= 4 is 22.7 Å². The van der Waals surface area contributed by atoms with Gasteiger partial charge in [-0.15, -0.1) is 0 Å². The van der Waals surface area contributed by atoms with Gasteiger partial charge in [0.1, 0.15) is 11.2 Å². The van der Waals surface area contributed by atoms with Crippen molar-refractivity contribution in [2.75, 3.05) is 17.6 Å². The number of rotatable bonds is 3. The number of aromatic nitrogens is 3. The Kier molecular flexibility index (Phi) is 3.74. The number of nitrogens with one attached hydrogen (secondary N) is 2. The zero-order valence-electron chi connectivity index (χ0n) is 11.8. The predicted molar refractivity (Wildman–Crippen MR) is 83.0 cm³/mol. The van der Waals surface area contributed by atoms with Crippen molar-refractivity contribution < 1.29 is 0 Å². The Balaban J connectivity index is 1.80. The van der Waals surface area contributed by atoms with E-state index in [9.17, 15) is 4.79 Å². The molecule has 0 bridgehead atoms. The molecule has 2 heterocycles. The molecule has 1 aliphatic rings. The Morgan fingerprint density at radius 2 is 2.14 bits per heavy atom. The van der Waals surface area contributed by atoms with E-state index >= 15 is 0 Å². The van der Waals surface area contributed by atoms with Gasteiger partial charge in [-0.05, 0) is 24.8 Å². The lowest BCUT2D eigenvalue weighted by molar-refractivity contribution is 0.321. The summed E-state index contributed by atoms with van der Waals surface area (Å²) in [6, 6.07) is 1.94. The van der Waals surface area contributed by atoms with E-state index in [0.717, 1.165) is 19.4 Å². The second-order valence-electron chi connectivity index (χ2n) is 5.59. The van der Waals surface area contributed by atoms with Crippen LogP contribution < -0.4 is 22.3 Å². The van der Waals surface area contributed by atoms with Gasteiger partial charge in [-0.3, -0.25) is 4.79 Å². The number of fused-ring (bicyclic) bond motifs is 1. The lowest BCUT2D eigenvalue weighted by Gasteiger charge is -2.28. The van der Waals surface area contributed by atoms with Crippen LogP contribution in [0.3, 0.4) is 0 Å². The van der Waals surface area contributed by atoms with Gasteiger partial charge in [0.15, 0.2) is 0 Å². The van der Waals surface area contributed by atoms with Gasteiger partial charge in [-0.2, -0.15) is 4.98 Å². The minimum absolute atomic E-state index is 0.192. The number of H-pyrrole nitrogens is 1. The average molecular weight is 288 g/mol. The molecule has 2 unspecified atom stereocenters. The molecule has 0 saturated heterocycles. The monoisotopic (exact) mass is 288 g/mol. The van der Waals surface area contributed by atoms with E-state index in [4.69, 9.17) is 11.5 Å². The molecule has 0 aromatic carbocycles. The van der Waals surface area contributed by atoms with E-state index in [1.54, 1.807) is 12.3 Å². The first kappa shape index (κ1) is 13.8. The molecule has 2 atom stereocenters. The molecule has 1 aliphatic carbocycles. The summed E-state index contributed by atoms with van der Waals surface area (Å²) >= 11 is 0. The third-order valence-corrected chi connectivity index (χ3v) is 4.14. The fourth-order valence-corrected chi connectivity index (χ4v) is 2.91. The fraction of sp³-hybridized carbons (Fsp3) is 0.500. The van der Waals surface area contributed by atoms with Crippen LogP contribution in [0.15, 0.2) is 17.1 Å². The molecule has 2 aromatic heterocycles. The van der Waals surface area contributed by atoms with Crippen LogP contribution in [-0.4, -0.2) is 27.5 Å². The standard InChI is InChI=1S/C14H20N6O/c15-9-4-2-1-3-8(9)7-18-14-19-10-5-6-17-13(21)11(10)12(16)20-14/h5-6,8-9H,1-4,7,15H2,(H,17,21)(H3,16,18,19,20). The number of nitrogen functional groups attached to an aromatic ring is 1. The highest BCUT2D eigenvalue weighted by Crippen LogP contribution is 2.23. The molecule has 1 fully saturated rings. The zero-order valence-corrected chi connectivity index (χ0v) is 11.8. The summed E-state index contributed by atoms with van der Waals surface area (Å²) in [5.74, 6) is 1.07. The van der Waals surface area contributed by atoms with Crippen molar-refractivity contribution in [2.24, 2.45) is 11.7 Å². The summed E-state index contributed by atoms with van der Waals surface area (Å²) in [5.41, 5.74) is 12.3. The Morgan fingerprint density at radius 3 is 2.95 bits per heavy atom. The SMILES string of the molecule is Nc1nc(NCC2CCCCC2N)nc2cc[nH]c(=O)c12. The second kappa shape index (κ2) is 5.69. The normalized spacial score (nSPS) is 22.3. The van der Waals surface area contributed by atoms with Crippen LogP contribution in [0.2, 0.25) is 0 Å². The van der Waals surface area contributed by atoms with Gasteiger partial charge in [0, 0.05) is 18.8 Å². The molecule has 0 aliphatic heterocycles. The number of nitrogens with two attached hydrogens (primary N) is 2. The van der Waals surface area contributed by atoms with E-state index in [2.05, 4.69) is 20.3 Å². The molecular weight excluding hydrogens is 268 g/mol. The van der Waals surface area contributed by atoms with E-state index in [-0.39, 0.29) is 17.4 Å². The maximum Gasteiger partial charge on any atom is 0.261 e.